The van der Waals surface area contributed by atoms with Crippen LogP contribution in [0, 0.1) is 127 Å². The number of hydrogen-bond acceptors (Lipinski definition) is 2. The maximum absolute atomic E-state index is 10.1. The number of aliphatic hydroxyl groups is 1. The Hall–Kier alpha value is 0.959. The number of rotatable bonds is 3. The molecule has 0 aliphatic heterocycles. The number of hydrogen-bond donors (Lipinski definition) is 2. The molecule has 0 unspecified atom stereocenters. The van der Waals surface area contributed by atoms with Crippen molar-refractivity contribution in [2.24, 2.45) is 5.73 Å². The molecule has 20 radical (unpaired) electrons. The van der Waals surface area contributed by atoms with E-state index in [-0.39, 0.29) is 40.2 Å². The van der Waals surface area contributed by atoms with Gasteiger partial charge in [-0.3, -0.25) is 0 Å². The van der Waals surface area contributed by atoms with Crippen molar-refractivity contribution in [3.63, 3.8) is 0 Å². The zero-order valence-corrected chi connectivity index (χ0v) is 17.4. The summed E-state index contributed by atoms with van der Waals surface area (Å²) in [6.07, 6.45) is 32.9. The van der Waals surface area contributed by atoms with Gasteiger partial charge in [-0.15, -0.1) is 0 Å². The van der Waals surface area contributed by atoms with Crippen LogP contribution in [-0.2, 0) is 34.1 Å². The molecule has 0 aromatic carbocycles. The fraction of sp³-hybridized carbons (Fsp3) is 0.130. The molecule has 4 rings (SSSR count). The van der Waals surface area contributed by atoms with E-state index in [9.17, 15) is 5.11 Å². The Morgan fingerprint density at radius 3 is 1.37 bits per heavy atom. The summed E-state index contributed by atoms with van der Waals surface area (Å²) in [6, 6.07) is -0.346. The van der Waals surface area contributed by atoms with Crippen LogP contribution in [0.4, 0.5) is 0 Å². The summed E-state index contributed by atoms with van der Waals surface area (Å²) in [5.74, 6) is 2.98. The Morgan fingerprint density at radius 2 is 1.04 bits per heavy atom. The Morgan fingerprint density at radius 1 is 0.630 bits per heavy atom. The fourth-order valence-electron chi connectivity index (χ4n) is 2.48. The van der Waals surface area contributed by atoms with Crippen molar-refractivity contribution in [2.75, 3.05) is 0 Å². The van der Waals surface area contributed by atoms with Crippen LogP contribution in [0.25, 0.3) is 0 Å². The maximum Gasteiger partial charge on any atom is 2.00 e. The summed E-state index contributed by atoms with van der Waals surface area (Å²) >= 11 is 0. The third-order valence-electron chi connectivity index (χ3n) is 3.92. The van der Waals surface area contributed by atoms with Crippen molar-refractivity contribution in [3.8, 4) is 0 Å². The van der Waals surface area contributed by atoms with E-state index in [1.54, 1.807) is 0 Å². The second kappa shape index (κ2) is 16.7. The average Bonchev–Trinajstić information content (AvgIpc) is 3.45. The van der Waals surface area contributed by atoms with Gasteiger partial charge in [0.15, 0.2) is 0 Å². The Bertz CT molecular complexity index is 303. The van der Waals surface area contributed by atoms with Gasteiger partial charge in [-0.2, -0.15) is 0 Å². The van der Waals surface area contributed by atoms with Crippen molar-refractivity contribution in [3.05, 3.63) is 127 Å². The van der Waals surface area contributed by atoms with E-state index in [1.165, 1.54) is 0 Å². The summed E-state index contributed by atoms with van der Waals surface area (Å²) in [5, 5.41) is 10.1. The van der Waals surface area contributed by atoms with Gasteiger partial charge in [-0.05, 0) is 115 Å². The van der Waals surface area contributed by atoms with Crippen molar-refractivity contribution in [1.82, 2.24) is 0 Å². The number of aliphatic hydroxyl groups excluding tert-OH is 1. The van der Waals surface area contributed by atoms with Gasteiger partial charge in [0, 0.05) is 17.9 Å². The van der Waals surface area contributed by atoms with Crippen molar-refractivity contribution >= 4 is 0 Å². The molecule has 2 atom stereocenters. The minimum absolute atomic E-state index is 0. The van der Waals surface area contributed by atoms with Crippen LogP contribution < -0.4 is 5.73 Å². The predicted octanol–water partition coefficient (Wildman–Crippen LogP) is 2.91. The smallest absolute Gasteiger partial charge is 0.391 e. The van der Waals surface area contributed by atoms with Crippen LogP contribution >= 0.6 is 0 Å². The van der Waals surface area contributed by atoms with Gasteiger partial charge < -0.3 is 10.8 Å². The minimum atomic E-state index is -0.623. The van der Waals surface area contributed by atoms with Gasteiger partial charge in [0.25, 0.3) is 0 Å². The zero-order chi connectivity index (χ0) is 17.9. The predicted molar refractivity (Wildman–Crippen MR) is 102 cm³/mol. The molecule has 0 amide bonds. The van der Waals surface area contributed by atoms with Gasteiger partial charge >= 0.3 is 34.1 Å². The van der Waals surface area contributed by atoms with Crippen molar-refractivity contribution in [1.29, 1.82) is 0 Å². The van der Waals surface area contributed by atoms with Crippen molar-refractivity contribution < 1.29 is 39.2 Å². The summed E-state index contributed by atoms with van der Waals surface area (Å²) < 4.78 is 0. The van der Waals surface area contributed by atoms with Gasteiger partial charge in [-0.25, -0.2) is 0 Å². The average molecular weight is 443 g/mol. The molecular weight excluding hydrogens is 418 g/mol. The Labute approximate surface area is 190 Å². The maximum atomic E-state index is 10.1. The van der Waals surface area contributed by atoms with Gasteiger partial charge in [-0.1, -0.05) is 6.92 Å². The van der Waals surface area contributed by atoms with E-state index in [4.69, 9.17) is 5.73 Å². The third kappa shape index (κ3) is 10.5. The van der Waals surface area contributed by atoms with E-state index in [0.29, 0.717) is 0 Å². The first-order chi connectivity index (χ1) is 12.2. The molecule has 0 saturated heterocycles. The fourth-order valence-corrected chi connectivity index (χ4v) is 2.48. The van der Waals surface area contributed by atoms with Gasteiger partial charge in [0.05, 0.1) is 6.10 Å². The molecule has 4 aliphatic carbocycles. The minimum Gasteiger partial charge on any atom is -0.391 e. The molecule has 0 bridgehead atoms. The van der Waals surface area contributed by atoms with E-state index >= 15 is 0 Å². The molecule has 0 heterocycles. The quantitative estimate of drug-likeness (QED) is 0.660. The molecule has 4 saturated carbocycles. The van der Waals surface area contributed by atoms with E-state index < -0.39 is 6.10 Å². The third-order valence-corrected chi connectivity index (χ3v) is 3.92. The second-order valence-corrected chi connectivity index (χ2v) is 5.78. The van der Waals surface area contributed by atoms with Crippen LogP contribution in [0.15, 0.2) is 0 Å². The standard InChI is InChI=1S/C13H15NO.2C5H5.2Fe/c1-9-5-4-8-11(9)13(15)12(14)10-6-2-3-7-10;2*1-2-4-5-3-1;;/h2-8,12-13,15H,14H2,1H3;2*1-5H;;/q;;;2*+2/t12-,13+;;;;/m1..../s1. The van der Waals surface area contributed by atoms with E-state index in [1.807, 2.05) is 116 Å². The van der Waals surface area contributed by atoms with Crippen LogP contribution in [0.3, 0.4) is 0 Å². The normalized spacial score (nSPS) is 25.4. The first-order valence-electron chi connectivity index (χ1n) is 8.41. The molecule has 4 fully saturated rings. The number of nitrogens with two attached hydrogens (primary N) is 1. The van der Waals surface area contributed by atoms with Crippen LogP contribution in [0.2, 0.25) is 0 Å². The molecule has 4 aliphatic rings. The summed E-state index contributed by atoms with van der Waals surface area (Å²) in [6.45, 7) is 1.98. The van der Waals surface area contributed by atoms with Crippen LogP contribution in [0.5, 0.6) is 0 Å². The summed E-state index contributed by atoms with van der Waals surface area (Å²) in [5.41, 5.74) is 5.99. The largest absolute Gasteiger partial charge is 2.00 e. The topological polar surface area (TPSA) is 46.2 Å². The molecule has 0 aromatic rings. The van der Waals surface area contributed by atoms with Gasteiger partial charge in [0.1, 0.15) is 0 Å². The van der Waals surface area contributed by atoms with E-state index in [0.717, 1.165) is 17.8 Å². The molecule has 3 N–H and O–H groups in total. The SMILES string of the molecule is C[C]1[CH][CH][CH][C]1[C@H](O)[C@H](N)[C]1[CH][CH][CH][CH]1.[CH]1[CH][CH][CH][CH]1.[CH]1[CH][CH][CH][CH]1.[Fe+2].[Fe+2]. The molecule has 140 valence electrons. The molecule has 0 aromatic heterocycles. The molecule has 4 heteroatoms. The van der Waals surface area contributed by atoms with E-state index in [2.05, 4.69) is 0 Å². The first kappa shape index (κ1) is 28.0. The molecule has 2 nitrogen and oxygen atoms in total. The summed E-state index contributed by atoms with van der Waals surface area (Å²) in [4.78, 5) is 0. The molecular formula is C23H25Fe2NO+4. The Kier molecular flexibility index (Phi) is 17.3. The molecule has 0 spiro atoms. The Balaban J connectivity index is 0.000000465. The monoisotopic (exact) mass is 443 g/mol. The summed E-state index contributed by atoms with van der Waals surface area (Å²) in [7, 11) is 0. The van der Waals surface area contributed by atoms with Gasteiger partial charge in [0.2, 0.25) is 0 Å². The zero-order valence-electron chi connectivity index (χ0n) is 15.2. The van der Waals surface area contributed by atoms with Crippen molar-refractivity contribution in [2.45, 2.75) is 19.1 Å². The van der Waals surface area contributed by atoms with Crippen LogP contribution in [-0.4, -0.2) is 17.3 Å². The first-order valence-corrected chi connectivity index (χ1v) is 8.41. The van der Waals surface area contributed by atoms with Crippen LogP contribution in [0.1, 0.15) is 6.92 Å². The second-order valence-electron chi connectivity index (χ2n) is 5.78. The molecule has 27 heavy (non-hydrogen) atoms.